The normalized spacial score (nSPS) is 12.6. The molecule has 2 rings (SSSR count). The predicted octanol–water partition coefficient (Wildman–Crippen LogP) is 2.65. The maximum atomic E-state index is 5.76. The highest BCUT2D eigenvalue weighted by Crippen LogP contribution is 2.17. The summed E-state index contributed by atoms with van der Waals surface area (Å²) in [6, 6.07) is 8.61. The van der Waals surface area contributed by atoms with E-state index in [-0.39, 0.29) is 6.04 Å². The second kappa shape index (κ2) is 5.38. The maximum absolute atomic E-state index is 5.76. The lowest BCUT2D eigenvalue weighted by Crippen LogP contribution is -2.03. The highest BCUT2D eigenvalue weighted by molar-refractivity contribution is 7.11. The summed E-state index contributed by atoms with van der Waals surface area (Å²) in [7, 11) is 0. The molecule has 1 heterocycles. The van der Waals surface area contributed by atoms with Crippen molar-refractivity contribution in [3.8, 4) is 0 Å². The van der Waals surface area contributed by atoms with E-state index in [1.54, 1.807) is 11.3 Å². The van der Waals surface area contributed by atoms with Gasteiger partial charge in [-0.05, 0) is 25.8 Å². The van der Waals surface area contributed by atoms with Crippen LogP contribution in [0.4, 0.5) is 0 Å². The van der Waals surface area contributed by atoms with E-state index in [4.69, 9.17) is 5.73 Å². The van der Waals surface area contributed by atoms with Crippen LogP contribution in [0.15, 0.2) is 24.3 Å². The second-order valence-corrected chi connectivity index (χ2v) is 5.40. The van der Waals surface area contributed by atoms with Crippen LogP contribution in [0.5, 0.6) is 0 Å². The third-order valence-electron chi connectivity index (χ3n) is 2.62. The molecule has 2 aromatic rings. The molecule has 0 spiro atoms. The summed E-state index contributed by atoms with van der Waals surface area (Å²) in [6.45, 7) is 4.04. The molecule has 4 heteroatoms. The van der Waals surface area contributed by atoms with Gasteiger partial charge in [0.25, 0.3) is 0 Å². The Morgan fingerprint density at radius 3 is 2.47 bits per heavy atom. The number of aryl methyl sites for hydroxylation is 3. The molecule has 17 heavy (non-hydrogen) atoms. The first-order chi connectivity index (χ1) is 8.15. The van der Waals surface area contributed by atoms with E-state index in [0.29, 0.717) is 0 Å². The van der Waals surface area contributed by atoms with Crippen molar-refractivity contribution in [3.63, 3.8) is 0 Å². The Kier molecular flexibility index (Phi) is 3.86. The molecule has 1 aromatic carbocycles. The van der Waals surface area contributed by atoms with E-state index >= 15 is 0 Å². The summed E-state index contributed by atoms with van der Waals surface area (Å²) in [5, 5.41) is 10.2. The molecule has 1 aromatic heterocycles. The van der Waals surface area contributed by atoms with Gasteiger partial charge in [-0.3, -0.25) is 0 Å². The summed E-state index contributed by atoms with van der Waals surface area (Å²) >= 11 is 1.62. The van der Waals surface area contributed by atoms with Crippen molar-refractivity contribution >= 4 is 11.3 Å². The Morgan fingerprint density at radius 2 is 1.88 bits per heavy atom. The molecule has 0 aliphatic rings. The Morgan fingerprint density at radius 1 is 1.18 bits per heavy atom. The molecule has 1 unspecified atom stereocenters. The van der Waals surface area contributed by atoms with Crippen LogP contribution in [0.25, 0.3) is 0 Å². The van der Waals surface area contributed by atoms with Gasteiger partial charge in [0, 0.05) is 6.42 Å². The molecule has 90 valence electrons. The number of hydrogen-bond acceptors (Lipinski definition) is 4. The Balaban J connectivity index is 1.95. The van der Waals surface area contributed by atoms with Gasteiger partial charge in [0.05, 0.1) is 6.04 Å². The monoisotopic (exact) mass is 247 g/mol. The van der Waals surface area contributed by atoms with Gasteiger partial charge in [-0.1, -0.05) is 41.2 Å². The van der Waals surface area contributed by atoms with E-state index < -0.39 is 0 Å². The summed E-state index contributed by atoms with van der Waals surface area (Å²) in [5.41, 5.74) is 8.40. The number of aromatic nitrogens is 2. The lowest BCUT2D eigenvalue weighted by Gasteiger charge is -1.99. The number of hydrogen-bond donors (Lipinski definition) is 1. The molecule has 0 aliphatic heterocycles. The quantitative estimate of drug-likeness (QED) is 0.903. The van der Waals surface area contributed by atoms with Gasteiger partial charge in [0.1, 0.15) is 10.0 Å². The zero-order valence-corrected chi connectivity index (χ0v) is 11.0. The van der Waals surface area contributed by atoms with Crippen LogP contribution in [0.1, 0.15) is 34.1 Å². The first-order valence-electron chi connectivity index (χ1n) is 5.78. The van der Waals surface area contributed by atoms with Gasteiger partial charge in [-0.2, -0.15) is 0 Å². The van der Waals surface area contributed by atoms with E-state index in [1.807, 2.05) is 6.92 Å². The average molecular weight is 247 g/mol. The molecule has 0 fully saturated rings. The largest absolute Gasteiger partial charge is 0.322 e. The van der Waals surface area contributed by atoms with Crippen molar-refractivity contribution in [2.45, 2.75) is 32.7 Å². The molecule has 1 atom stereocenters. The molecule has 0 aliphatic carbocycles. The Labute approximate surface area is 106 Å². The fourth-order valence-electron chi connectivity index (χ4n) is 1.56. The van der Waals surface area contributed by atoms with Crippen molar-refractivity contribution in [2.24, 2.45) is 5.73 Å². The zero-order chi connectivity index (χ0) is 12.3. The SMILES string of the molecule is Cc1ccc(CCc2nnc(C(C)N)s2)cc1. The minimum Gasteiger partial charge on any atom is -0.322 e. The molecule has 3 nitrogen and oxygen atoms in total. The summed E-state index contributed by atoms with van der Waals surface area (Å²) in [6.07, 6.45) is 1.95. The highest BCUT2D eigenvalue weighted by Gasteiger charge is 2.07. The molecule has 0 radical (unpaired) electrons. The fraction of sp³-hybridized carbons (Fsp3) is 0.385. The third kappa shape index (κ3) is 3.35. The van der Waals surface area contributed by atoms with Gasteiger partial charge in [-0.25, -0.2) is 0 Å². The van der Waals surface area contributed by atoms with Crippen LogP contribution in [-0.4, -0.2) is 10.2 Å². The van der Waals surface area contributed by atoms with Gasteiger partial charge in [0.2, 0.25) is 0 Å². The topological polar surface area (TPSA) is 51.8 Å². The number of rotatable bonds is 4. The van der Waals surface area contributed by atoms with Gasteiger partial charge in [0.15, 0.2) is 0 Å². The van der Waals surface area contributed by atoms with E-state index in [9.17, 15) is 0 Å². The molecule has 0 amide bonds. The van der Waals surface area contributed by atoms with Crippen LogP contribution in [0.3, 0.4) is 0 Å². The van der Waals surface area contributed by atoms with Crippen molar-refractivity contribution in [1.82, 2.24) is 10.2 Å². The van der Waals surface area contributed by atoms with Crippen molar-refractivity contribution < 1.29 is 0 Å². The van der Waals surface area contributed by atoms with Crippen LogP contribution >= 0.6 is 11.3 Å². The molecular formula is C13H17N3S. The Bertz CT molecular complexity index is 474. The van der Waals surface area contributed by atoms with Crippen LogP contribution in [0.2, 0.25) is 0 Å². The maximum Gasteiger partial charge on any atom is 0.133 e. The average Bonchev–Trinajstić information content (AvgIpc) is 2.77. The van der Waals surface area contributed by atoms with Gasteiger partial charge < -0.3 is 5.73 Å². The predicted molar refractivity (Wildman–Crippen MR) is 71.1 cm³/mol. The number of benzene rings is 1. The number of nitrogens with two attached hydrogens (primary N) is 1. The molecule has 2 N–H and O–H groups in total. The van der Waals surface area contributed by atoms with Crippen LogP contribution < -0.4 is 5.73 Å². The lowest BCUT2D eigenvalue weighted by atomic mass is 10.1. The summed E-state index contributed by atoms with van der Waals surface area (Å²) in [5.74, 6) is 0. The minimum atomic E-state index is -0.0133. The van der Waals surface area contributed by atoms with Crippen molar-refractivity contribution in [2.75, 3.05) is 0 Å². The number of nitrogens with zero attached hydrogens (tertiary/aromatic N) is 2. The van der Waals surface area contributed by atoms with Crippen LogP contribution in [0, 0.1) is 6.92 Å². The van der Waals surface area contributed by atoms with Crippen molar-refractivity contribution in [3.05, 3.63) is 45.4 Å². The zero-order valence-electron chi connectivity index (χ0n) is 10.2. The summed E-state index contributed by atoms with van der Waals surface area (Å²) < 4.78 is 0. The molecule has 0 saturated carbocycles. The minimum absolute atomic E-state index is 0.0133. The second-order valence-electron chi connectivity index (χ2n) is 4.31. The highest BCUT2D eigenvalue weighted by atomic mass is 32.1. The van der Waals surface area contributed by atoms with Crippen molar-refractivity contribution in [1.29, 1.82) is 0 Å². The van der Waals surface area contributed by atoms with Gasteiger partial charge in [-0.15, -0.1) is 10.2 Å². The standard InChI is InChI=1S/C13H17N3S/c1-9-3-5-11(6-4-9)7-8-12-15-16-13(17-12)10(2)14/h3-6,10H,7-8,14H2,1-2H3. The van der Waals surface area contributed by atoms with Gasteiger partial charge >= 0.3 is 0 Å². The smallest absolute Gasteiger partial charge is 0.133 e. The molecule has 0 bridgehead atoms. The third-order valence-corrected chi connectivity index (χ3v) is 3.80. The Hall–Kier alpha value is -1.26. The van der Waals surface area contributed by atoms with E-state index in [1.165, 1.54) is 11.1 Å². The van der Waals surface area contributed by atoms with Crippen LogP contribution in [-0.2, 0) is 12.8 Å². The molecular weight excluding hydrogens is 230 g/mol. The van der Waals surface area contributed by atoms with E-state index in [2.05, 4.69) is 41.4 Å². The first-order valence-corrected chi connectivity index (χ1v) is 6.60. The van der Waals surface area contributed by atoms with E-state index in [0.717, 1.165) is 22.9 Å². The first kappa shape index (κ1) is 12.2. The lowest BCUT2D eigenvalue weighted by molar-refractivity contribution is 0.779. The summed E-state index contributed by atoms with van der Waals surface area (Å²) in [4.78, 5) is 0. The fourth-order valence-corrected chi connectivity index (χ4v) is 2.35. The molecule has 0 saturated heterocycles.